The number of halogens is 1. The van der Waals surface area contributed by atoms with Crippen molar-refractivity contribution in [1.29, 1.82) is 0 Å². The molecule has 0 bridgehead atoms. The summed E-state index contributed by atoms with van der Waals surface area (Å²) in [5.74, 6) is -0.838. The fourth-order valence-electron chi connectivity index (χ4n) is 2.28. The average Bonchev–Trinajstić information content (AvgIpc) is 3.03. The summed E-state index contributed by atoms with van der Waals surface area (Å²) in [5.41, 5.74) is 3.54. The molecular formula is C19H14ClNO2S. The number of hydrogen-bond donors (Lipinski definition) is 1. The van der Waals surface area contributed by atoms with Crippen LogP contribution in [0.4, 0.5) is 0 Å². The van der Waals surface area contributed by atoms with Crippen LogP contribution in [0, 0.1) is 0 Å². The first-order valence-electron chi connectivity index (χ1n) is 7.31. The summed E-state index contributed by atoms with van der Waals surface area (Å²) in [4.78, 5) is 15.5. The highest BCUT2D eigenvalue weighted by Crippen LogP contribution is 2.26. The maximum Gasteiger partial charge on any atom is 0.307 e. The summed E-state index contributed by atoms with van der Waals surface area (Å²) in [5, 5.41) is 12.6. The van der Waals surface area contributed by atoms with Gasteiger partial charge < -0.3 is 5.11 Å². The highest BCUT2D eigenvalue weighted by molar-refractivity contribution is 7.13. The standard InChI is InChI=1S/C19H14ClNO2S/c20-16-8-5-14(6-9-16)19-21-17(12-24-19)10-7-13-3-1-2-4-15(13)11-18(22)23/h1-10,12H,11H2,(H,22,23). The molecule has 24 heavy (non-hydrogen) atoms. The SMILES string of the molecule is O=C(O)Cc1ccccc1C=Cc1csc(-c2ccc(Cl)cc2)n1. The summed E-state index contributed by atoms with van der Waals surface area (Å²) >= 11 is 7.46. The van der Waals surface area contributed by atoms with Crippen LogP contribution < -0.4 is 0 Å². The van der Waals surface area contributed by atoms with Crippen LogP contribution in [-0.4, -0.2) is 16.1 Å². The lowest BCUT2D eigenvalue weighted by Crippen LogP contribution is -2.01. The maximum absolute atomic E-state index is 10.9. The number of benzene rings is 2. The van der Waals surface area contributed by atoms with Crippen LogP contribution >= 0.6 is 22.9 Å². The lowest BCUT2D eigenvalue weighted by molar-refractivity contribution is -0.136. The first-order valence-corrected chi connectivity index (χ1v) is 8.57. The van der Waals surface area contributed by atoms with E-state index in [-0.39, 0.29) is 6.42 Å². The largest absolute Gasteiger partial charge is 0.481 e. The minimum Gasteiger partial charge on any atom is -0.481 e. The van der Waals surface area contributed by atoms with E-state index in [4.69, 9.17) is 16.7 Å². The quantitative estimate of drug-likeness (QED) is 0.679. The summed E-state index contributed by atoms with van der Waals surface area (Å²) in [6, 6.07) is 15.0. The second-order valence-corrected chi connectivity index (χ2v) is 6.48. The number of rotatable bonds is 5. The molecule has 3 rings (SSSR count). The second kappa shape index (κ2) is 7.43. The Balaban J connectivity index is 1.81. The molecule has 0 aliphatic heterocycles. The molecule has 120 valence electrons. The topological polar surface area (TPSA) is 50.2 Å². The zero-order chi connectivity index (χ0) is 16.9. The Kier molecular flexibility index (Phi) is 5.08. The number of carbonyl (C=O) groups is 1. The predicted octanol–water partition coefficient (Wildman–Crippen LogP) is 5.26. The molecule has 0 amide bonds. The molecule has 0 saturated heterocycles. The first kappa shape index (κ1) is 16.4. The molecular weight excluding hydrogens is 342 g/mol. The van der Waals surface area contributed by atoms with Gasteiger partial charge in [0, 0.05) is 16.0 Å². The van der Waals surface area contributed by atoms with Crippen LogP contribution in [0.5, 0.6) is 0 Å². The van der Waals surface area contributed by atoms with Gasteiger partial charge in [0.2, 0.25) is 0 Å². The highest BCUT2D eigenvalue weighted by Gasteiger charge is 2.05. The van der Waals surface area contributed by atoms with E-state index in [1.165, 1.54) is 0 Å². The Morgan fingerprint density at radius 3 is 2.62 bits per heavy atom. The lowest BCUT2D eigenvalue weighted by atomic mass is 10.0. The maximum atomic E-state index is 10.9. The van der Waals surface area contributed by atoms with E-state index in [0.717, 1.165) is 27.4 Å². The molecule has 2 aromatic carbocycles. The van der Waals surface area contributed by atoms with Gasteiger partial charge in [-0.1, -0.05) is 54.1 Å². The van der Waals surface area contributed by atoms with Gasteiger partial charge in [0.15, 0.2) is 0 Å². The molecule has 0 aliphatic rings. The third-order valence-corrected chi connectivity index (χ3v) is 4.61. The van der Waals surface area contributed by atoms with Crippen molar-refractivity contribution in [3.63, 3.8) is 0 Å². The number of aromatic nitrogens is 1. The van der Waals surface area contributed by atoms with Crippen molar-refractivity contribution in [2.75, 3.05) is 0 Å². The Bertz CT molecular complexity index is 884. The Morgan fingerprint density at radius 2 is 1.88 bits per heavy atom. The molecule has 0 atom stereocenters. The Morgan fingerprint density at radius 1 is 1.12 bits per heavy atom. The van der Waals surface area contributed by atoms with E-state index >= 15 is 0 Å². The molecule has 0 fully saturated rings. The van der Waals surface area contributed by atoms with Crippen LogP contribution in [-0.2, 0) is 11.2 Å². The van der Waals surface area contributed by atoms with Gasteiger partial charge >= 0.3 is 5.97 Å². The van der Waals surface area contributed by atoms with Gasteiger partial charge in [0.25, 0.3) is 0 Å². The molecule has 0 saturated carbocycles. The van der Waals surface area contributed by atoms with Crippen molar-refractivity contribution in [1.82, 2.24) is 4.98 Å². The molecule has 0 spiro atoms. The fraction of sp³-hybridized carbons (Fsp3) is 0.0526. The van der Waals surface area contributed by atoms with Crippen molar-refractivity contribution in [3.05, 3.63) is 75.8 Å². The normalized spacial score (nSPS) is 11.0. The van der Waals surface area contributed by atoms with Gasteiger partial charge in [0.05, 0.1) is 12.1 Å². The lowest BCUT2D eigenvalue weighted by Gasteiger charge is -2.02. The smallest absolute Gasteiger partial charge is 0.307 e. The van der Waals surface area contributed by atoms with Gasteiger partial charge in [-0.25, -0.2) is 4.98 Å². The number of nitrogens with zero attached hydrogens (tertiary/aromatic N) is 1. The van der Waals surface area contributed by atoms with Crippen LogP contribution in [0.3, 0.4) is 0 Å². The van der Waals surface area contributed by atoms with Crippen molar-refractivity contribution in [2.45, 2.75) is 6.42 Å². The number of thiazole rings is 1. The monoisotopic (exact) mass is 355 g/mol. The summed E-state index contributed by atoms with van der Waals surface area (Å²) in [7, 11) is 0. The summed E-state index contributed by atoms with van der Waals surface area (Å²) < 4.78 is 0. The molecule has 3 aromatic rings. The van der Waals surface area contributed by atoms with Crippen molar-refractivity contribution in [3.8, 4) is 10.6 Å². The molecule has 1 heterocycles. The van der Waals surface area contributed by atoms with Crippen LogP contribution in [0.15, 0.2) is 53.9 Å². The van der Waals surface area contributed by atoms with Crippen LogP contribution in [0.1, 0.15) is 16.8 Å². The van der Waals surface area contributed by atoms with Gasteiger partial charge in [-0.15, -0.1) is 11.3 Å². The minimum absolute atomic E-state index is 0.00754. The summed E-state index contributed by atoms with van der Waals surface area (Å²) in [6.07, 6.45) is 3.81. The summed E-state index contributed by atoms with van der Waals surface area (Å²) in [6.45, 7) is 0. The van der Waals surface area contributed by atoms with E-state index < -0.39 is 5.97 Å². The van der Waals surface area contributed by atoms with Crippen molar-refractivity contribution >= 4 is 41.1 Å². The predicted molar refractivity (Wildman–Crippen MR) is 99.3 cm³/mol. The van der Waals surface area contributed by atoms with Crippen LogP contribution in [0.2, 0.25) is 5.02 Å². The molecule has 1 aromatic heterocycles. The number of hydrogen-bond acceptors (Lipinski definition) is 3. The van der Waals surface area contributed by atoms with Gasteiger partial charge in [-0.3, -0.25) is 4.79 Å². The van der Waals surface area contributed by atoms with E-state index in [1.54, 1.807) is 11.3 Å². The minimum atomic E-state index is -0.838. The van der Waals surface area contributed by atoms with Gasteiger partial charge in [-0.2, -0.15) is 0 Å². The Labute approximate surface area is 148 Å². The highest BCUT2D eigenvalue weighted by atomic mass is 35.5. The first-order chi connectivity index (χ1) is 11.6. The molecule has 1 N–H and O–H groups in total. The third kappa shape index (κ3) is 4.10. The van der Waals surface area contributed by atoms with E-state index in [9.17, 15) is 4.79 Å². The van der Waals surface area contributed by atoms with Crippen LogP contribution in [0.25, 0.3) is 22.7 Å². The van der Waals surface area contributed by atoms with E-state index in [2.05, 4.69) is 4.98 Å². The van der Waals surface area contributed by atoms with Crippen molar-refractivity contribution in [2.24, 2.45) is 0 Å². The number of aliphatic carboxylic acids is 1. The zero-order valence-electron chi connectivity index (χ0n) is 12.6. The molecule has 3 nitrogen and oxygen atoms in total. The van der Waals surface area contributed by atoms with Gasteiger partial charge in [0.1, 0.15) is 5.01 Å². The third-order valence-electron chi connectivity index (χ3n) is 3.44. The second-order valence-electron chi connectivity index (χ2n) is 5.19. The van der Waals surface area contributed by atoms with Crippen molar-refractivity contribution < 1.29 is 9.90 Å². The number of carboxylic acids is 1. The van der Waals surface area contributed by atoms with Gasteiger partial charge in [-0.05, 0) is 29.3 Å². The average molecular weight is 356 g/mol. The fourth-order valence-corrected chi connectivity index (χ4v) is 3.20. The molecule has 0 radical (unpaired) electrons. The van der Waals surface area contributed by atoms with E-state index in [1.807, 2.05) is 66.1 Å². The number of carboxylic acid groups (broad SMARTS) is 1. The molecule has 0 unspecified atom stereocenters. The molecule has 5 heteroatoms. The zero-order valence-corrected chi connectivity index (χ0v) is 14.2. The molecule has 0 aliphatic carbocycles. The Hall–Kier alpha value is -2.43. The van der Waals surface area contributed by atoms with E-state index in [0.29, 0.717) is 5.02 Å².